The minimum absolute atomic E-state index is 0.0524. The molecule has 4 N–H and O–H groups in total. The second-order valence-electron chi connectivity index (χ2n) is 8.90. The largest absolute Gasteiger partial charge is 0.480 e. The Bertz CT molecular complexity index is 574. The van der Waals surface area contributed by atoms with Gasteiger partial charge in [0.25, 0.3) is 0 Å². The molecule has 9 heteroatoms. The van der Waals surface area contributed by atoms with Gasteiger partial charge in [-0.1, -0.05) is 34.6 Å². The van der Waals surface area contributed by atoms with Crippen molar-refractivity contribution >= 4 is 11.9 Å². The van der Waals surface area contributed by atoms with Crippen molar-refractivity contribution in [1.29, 1.82) is 0 Å². The summed E-state index contributed by atoms with van der Waals surface area (Å²) in [6, 6.07) is -0.667. The Morgan fingerprint density at radius 1 is 1.00 bits per heavy atom. The molecule has 0 saturated carbocycles. The molecule has 1 aliphatic rings. The van der Waals surface area contributed by atoms with E-state index in [0.717, 1.165) is 12.8 Å². The molecule has 0 aromatic carbocycles. The zero-order valence-electron chi connectivity index (χ0n) is 19.7. The molecule has 9 nitrogen and oxygen atoms in total. The van der Waals surface area contributed by atoms with Crippen LogP contribution in [-0.2, 0) is 23.8 Å². The molecule has 5 unspecified atom stereocenters. The van der Waals surface area contributed by atoms with E-state index in [0.29, 0.717) is 12.8 Å². The molecule has 1 heterocycles. The lowest BCUT2D eigenvalue weighted by molar-refractivity contribution is -0.262. The third kappa shape index (κ3) is 7.39. The summed E-state index contributed by atoms with van der Waals surface area (Å²) in [5.74, 6) is -2.12. The monoisotopic (exact) mass is 447 g/mol. The van der Waals surface area contributed by atoms with E-state index in [1.165, 1.54) is 0 Å². The number of aliphatic hydroxyl groups excluding tert-OH is 1. The number of rotatable bonds is 14. The van der Waals surface area contributed by atoms with Crippen molar-refractivity contribution in [2.24, 2.45) is 5.41 Å². The molecule has 1 saturated heterocycles. The van der Waals surface area contributed by atoms with E-state index in [1.807, 2.05) is 41.5 Å². The first-order valence-corrected chi connectivity index (χ1v) is 11.2. The first-order valence-electron chi connectivity index (χ1n) is 11.2. The highest BCUT2D eigenvalue weighted by molar-refractivity contribution is 5.69. The van der Waals surface area contributed by atoms with Crippen LogP contribution in [0.3, 0.4) is 0 Å². The number of carbonyl (C=O) groups is 2. The van der Waals surface area contributed by atoms with Crippen LogP contribution in [0.5, 0.6) is 0 Å². The number of carboxylic acids is 2. The Hall–Kier alpha value is -1.26. The van der Waals surface area contributed by atoms with Crippen LogP contribution in [0.25, 0.3) is 0 Å². The summed E-state index contributed by atoms with van der Waals surface area (Å²) in [6.07, 6.45) is -0.168. The van der Waals surface area contributed by atoms with Gasteiger partial charge in [-0.3, -0.25) is 10.1 Å². The van der Waals surface area contributed by atoms with E-state index in [9.17, 15) is 19.8 Å². The third-order valence-electron chi connectivity index (χ3n) is 6.93. The molecule has 0 spiro atoms. The highest BCUT2D eigenvalue weighted by atomic mass is 16.6. The smallest absolute Gasteiger partial charge is 0.329 e. The van der Waals surface area contributed by atoms with Crippen LogP contribution in [0.15, 0.2) is 0 Å². The molecule has 5 atom stereocenters. The molecule has 0 aromatic heterocycles. The number of carboxylic acid groups (broad SMARTS) is 2. The number of aliphatic carboxylic acids is 2. The van der Waals surface area contributed by atoms with E-state index in [-0.39, 0.29) is 18.6 Å². The zero-order valence-corrected chi connectivity index (χ0v) is 19.7. The predicted molar refractivity (Wildman–Crippen MR) is 115 cm³/mol. The molecule has 0 aromatic rings. The van der Waals surface area contributed by atoms with Gasteiger partial charge in [-0.15, -0.1) is 0 Å². The molecule has 1 fully saturated rings. The van der Waals surface area contributed by atoms with Gasteiger partial charge in [0, 0.05) is 0 Å². The van der Waals surface area contributed by atoms with Gasteiger partial charge < -0.3 is 29.5 Å². The van der Waals surface area contributed by atoms with Gasteiger partial charge in [0.1, 0.15) is 24.9 Å². The molecule has 182 valence electrons. The van der Waals surface area contributed by atoms with Gasteiger partial charge in [-0.2, -0.15) is 0 Å². The lowest BCUT2D eigenvalue weighted by Gasteiger charge is -2.52. The second kappa shape index (κ2) is 12.1. The molecule has 0 aliphatic carbocycles. The van der Waals surface area contributed by atoms with E-state index < -0.39 is 54.6 Å². The summed E-state index contributed by atoms with van der Waals surface area (Å²) >= 11 is 0. The fourth-order valence-corrected chi connectivity index (χ4v) is 3.92. The topological polar surface area (TPSA) is 135 Å². The van der Waals surface area contributed by atoms with Crippen molar-refractivity contribution in [3.05, 3.63) is 0 Å². The minimum Gasteiger partial charge on any atom is -0.480 e. The van der Waals surface area contributed by atoms with Gasteiger partial charge >= 0.3 is 11.9 Å². The molecule has 0 bridgehead atoms. The van der Waals surface area contributed by atoms with Crippen LogP contribution in [-0.4, -0.2) is 83.1 Å². The molecule has 0 amide bonds. The van der Waals surface area contributed by atoms with Gasteiger partial charge in [0.2, 0.25) is 0 Å². The van der Waals surface area contributed by atoms with E-state index in [2.05, 4.69) is 5.32 Å². The SMILES string of the molecule is CCC(C)(CC)OC1C(COCC(=O)O)OC(C(C)(CC)CC)C(NCC(=O)O)C1O. The molecule has 31 heavy (non-hydrogen) atoms. The van der Waals surface area contributed by atoms with Gasteiger partial charge in [0.15, 0.2) is 0 Å². The van der Waals surface area contributed by atoms with Crippen molar-refractivity contribution in [2.45, 2.75) is 103 Å². The average molecular weight is 448 g/mol. The number of hydrogen-bond donors (Lipinski definition) is 4. The Kier molecular flexibility index (Phi) is 10.8. The minimum atomic E-state index is -1.09. The van der Waals surface area contributed by atoms with E-state index in [1.54, 1.807) is 0 Å². The van der Waals surface area contributed by atoms with Crippen LogP contribution in [0.1, 0.15) is 67.2 Å². The van der Waals surface area contributed by atoms with Crippen molar-refractivity contribution in [2.75, 3.05) is 19.8 Å². The average Bonchev–Trinajstić information content (AvgIpc) is 2.73. The number of ether oxygens (including phenoxy) is 3. The highest BCUT2D eigenvalue weighted by Gasteiger charge is 2.52. The summed E-state index contributed by atoms with van der Waals surface area (Å²) in [5.41, 5.74) is -0.866. The van der Waals surface area contributed by atoms with Crippen molar-refractivity contribution < 1.29 is 39.1 Å². The summed E-state index contributed by atoms with van der Waals surface area (Å²) < 4.78 is 18.1. The standard InChI is InChI=1S/C22H41NO8/c1-7-21(5,8-2)20-17(23-11-15(24)25)18(28)19(31-22(6,9-3)10-4)14(30-20)12-29-13-16(26)27/h14,17-20,23,28H,7-13H2,1-6H3,(H,24,25)(H,26,27). The zero-order chi connectivity index (χ0) is 23.8. The summed E-state index contributed by atoms with van der Waals surface area (Å²) in [5, 5.41) is 32.4. The number of nitrogens with one attached hydrogen (secondary N) is 1. The Morgan fingerprint density at radius 2 is 1.58 bits per heavy atom. The molecule has 1 aliphatic heterocycles. The van der Waals surface area contributed by atoms with Crippen LogP contribution in [0, 0.1) is 5.41 Å². The Morgan fingerprint density at radius 3 is 2.03 bits per heavy atom. The van der Waals surface area contributed by atoms with E-state index in [4.69, 9.17) is 19.3 Å². The van der Waals surface area contributed by atoms with Crippen molar-refractivity contribution in [1.82, 2.24) is 5.32 Å². The van der Waals surface area contributed by atoms with Crippen molar-refractivity contribution in [3.63, 3.8) is 0 Å². The Labute approximate surface area is 185 Å². The lowest BCUT2D eigenvalue weighted by atomic mass is 9.72. The van der Waals surface area contributed by atoms with Crippen molar-refractivity contribution in [3.8, 4) is 0 Å². The normalized spacial score (nSPS) is 27.3. The summed E-state index contributed by atoms with van der Waals surface area (Å²) in [4.78, 5) is 22.1. The van der Waals surface area contributed by atoms with E-state index >= 15 is 0 Å². The number of hydrogen-bond acceptors (Lipinski definition) is 7. The second-order valence-corrected chi connectivity index (χ2v) is 8.90. The summed E-state index contributed by atoms with van der Waals surface area (Å²) in [7, 11) is 0. The van der Waals surface area contributed by atoms with Gasteiger partial charge in [-0.05, 0) is 38.0 Å². The van der Waals surface area contributed by atoms with Crippen LogP contribution in [0.2, 0.25) is 0 Å². The lowest BCUT2D eigenvalue weighted by Crippen LogP contribution is -2.68. The highest BCUT2D eigenvalue weighted by Crippen LogP contribution is 2.40. The van der Waals surface area contributed by atoms with Gasteiger partial charge in [0.05, 0.1) is 30.9 Å². The quantitative estimate of drug-likeness (QED) is 0.315. The Balaban J connectivity index is 3.30. The fraction of sp³-hybridized carbons (Fsp3) is 0.909. The van der Waals surface area contributed by atoms with Crippen LogP contribution >= 0.6 is 0 Å². The van der Waals surface area contributed by atoms with Crippen LogP contribution < -0.4 is 5.32 Å². The number of aliphatic hydroxyl groups is 1. The first kappa shape index (κ1) is 27.8. The summed E-state index contributed by atoms with van der Waals surface area (Å²) in [6.45, 7) is 11.2. The molecular formula is C22H41NO8. The molecule has 0 radical (unpaired) electrons. The predicted octanol–water partition coefficient (Wildman–Crippen LogP) is 2.05. The molecule has 1 rings (SSSR count). The maximum absolute atomic E-state index is 11.4. The van der Waals surface area contributed by atoms with Gasteiger partial charge in [-0.25, -0.2) is 4.79 Å². The maximum Gasteiger partial charge on any atom is 0.329 e. The third-order valence-corrected chi connectivity index (χ3v) is 6.93. The maximum atomic E-state index is 11.4. The molecular weight excluding hydrogens is 406 g/mol. The fourth-order valence-electron chi connectivity index (χ4n) is 3.92. The van der Waals surface area contributed by atoms with Crippen LogP contribution in [0.4, 0.5) is 0 Å². The first-order chi connectivity index (χ1) is 14.5.